The second kappa shape index (κ2) is 5.78. The van der Waals surface area contributed by atoms with Gasteiger partial charge in [0, 0.05) is 10.6 Å². The monoisotopic (exact) mass is 225 g/mol. The average Bonchev–Trinajstić information content (AvgIpc) is 2.21. The number of aliphatic hydroxyl groups is 1. The number of amides is 1. The fourth-order valence-corrected chi connectivity index (χ4v) is 1.71. The highest BCUT2D eigenvalue weighted by molar-refractivity contribution is 7.99. The molecule has 1 rings (SSSR count). The summed E-state index contributed by atoms with van der Waals surface area (Å²) in [5.74, 6) is 0.644. The predicted octanol–water partition coefficient (Wildman–Crippen LogP) is 2.12. The molecule has 0 fully saturated rings. The maximum atomic E-state index is 11.2. The molecule has 0 aliphatic heterocycles. The lowest BCUT2D eigenvalue weighted by Gasteiger charge is -2.07. The normalized spacial score (nSPS) is 12.2. The van der Waals surface area contributed by atoms with Crippen molar-refractivity contribution in [2.45, 2.75) is 24.8 Å². The van der Waals surface area contributed by atoms with Crippen molar-refractivity contribution in [3.8, 4) is 0 Å². The van der Waals surface area contributed by atoms with Crippen molar-refractivity contribution in [3.63, 3.8) is 0 Å². The van der Waals surface area contributed by atoms with Crippen LogP contribution in [0.4, 0.5) is 5.69 Å². The first-order valence-corrected chi connectivity index (χ1v) is 5.84. The van der Waals surface area contributed by atoms with Crippen molar-refractivity contribution < 1.29 is 9.90 Å². The van der Waals surface area contributed by atoms with Gasteiger partial charge in [-0.25, -0.2) is 0 Å². The molecule has 0 heterocycles. The minimum absolute atomic E-state index is 0.383. The molecule has 1 aromatic carbocycles. The maximum Gasteiger partial charge on any atom is 0.252 e. The molecular weight excluding hydrogens is 210 g/mol. The molecule has 82 valence electrons. The molecule has 1 amide bonds. The van der Waals surface area contributed by atoms with Crippen LogP contribution in [0.25, 0.3) is 0 Å². The van der Waals surface area contributed by atoms with Gasteiger partial charge >= 0.3 is 0 Å². The highest BCUT2D eigenvalue weighted by atomic mass is 32.2. The molecule has 1 atom stereocenters. The molecule has 0 aromatic heterocycles. The van der Waals surface area contributed by atoms with E-state index >= 15 is 0 Å². The Morgan fingerprint density at radius 2 is 2.07 bits per heavy atom. The summed E-state index contributed by atoms with van der Waals surface area (Å²) in [5, 5.41) is 11.6. The Bertz CT molecular complexity index is 322. The van der Waals surface area contributed by atoms with Gasteiger partial charge in [-0.1, -0.05) is 6.92 Å². The first-order chi connectivity index (χ1) is 7.13. The number of benzene rings is 1. The third-order valence-corrected chi connectivity index (χ3v) is 2.71. The summed E-state index contributed by atoms with van der Waals surface area (Å²) >= 11 is 1.75. The van der Waals surface area contributed by atoms with Crippen LogP contribution in [0.15, 0.2) is 29.2 Å². The molecule has 0 spiro atoms. The van der Waals surface area contributed by atoms with Gasteiger partial charge in [-0.2, -0.15) is 0 Å². The van der Waals surface area contributed by atoms with Gasteiger partial charge in [-0.15, -0.1) is 11.8 Å². The molecule has 0 radical (unpaired) electrons. The number of nitrogens with one attached hydrogen (secondary N) is 1. The highest BCUT2D eigenvalue weighted by Gasteiger charge is 2.08. The maximum absolute atomic E-state index is 11.2. The van der Waals surface area contributed by atoms with E-state index in [-0.39, 0.29) is 5.91 Å². The largest absolute Gasteiger partial charge is 0.384 e. The van der Waals surface area contributed by atoms with Crippen LogP contribution >= 0.6 is 11.8 Å². The molecule has 15 heavy (non-hydrogen) atoms. The van der Waals surface area contributed by atoms with Crippen LogP contribution < -0.4 is 5.32 Å². The third-order valence-electron chi connectivity index (χ3n) is 1.81. The summed E-state index contributed by atoms with van der Waals surface area (Å²) in [7, 11) is 0. The van der Waals surface area contributed by atoms with Crippen LogP contribution in [0.5, 0.6) is 0 Å². The van der Waals surface area contributed by atoms with Crippen molar-refractivity contribution in [2.75, 3.05) is 11.1 Å². The average molecular weight is 225 g/mol. The number of anilines is 1. The Labute approximate surface area is 93.9 Å². The Balaban J connectivity index is 2.60. The highest BCUT2D eigenvalue weighted by Crippen LogP contribution is 2.19. The van der Waals surface area contributed by atoms with Gasteiger partial charge in [0.05, 0.1) is 0 Å². The zero-order valence-corrected chi connectivity index (χ0v) is 9.67. The van der Waals surface area contributed by atoms with Crippen LogP contribution in [-0.4, -0.2) is 22.9 Å². The van der Waals surface area contributed by atoms with Crippen molar-refractivity contribution in [2.24, 2.45) is 0 Å². The van der Waals surface area contributed by atoms with Crippen molar-refractivity contribution in [3.05, 3.63) is 24.3 Å². The van der Waals surface area contributed by atoms with E-state index in [4.69, 9.17) is 5.11 Å². The Morgan fingerprint density at radius 1 is 1.47 bits per heavy atom. The third kappa shape index (κ3) is 3.93. The predicted molar refractivity (Wildman–Crippen MR) is 63.2 cm³/mol. The van der Waals surface area contributed by atoms with Crippen LogP contribution in [0.2, 0.25) is 0 Å². The van der Waals surface area contributed by atoms with Crippen LogP contribution in [-0.2, 0) is 4.79 Å². The summed E-state index contributed by atoms with van der Waals surface area (Å²) < 4.78 is 0. The number of thioether (sulfide) groups is 1. The van der Waals surface area contributed by atoms with Gasteiger partial charge in [0.1, 0.15) is 6.10 Å². The van der Waals surface area contributed by atoms with E-state index in [1.165, 1.54) is 11.8 Å². The molecular formula is C11H15NO2S. The van der Waals surface area contributed by atoms with Crippen LogP contribution in [0.1, 0.15) is 13.8 Å². The summed E-state index contributed by atoms with van der Waals surface area (Å²) in [6.07, 6.45) is -0.977. The molecule has 2 N–H and O–H groups in total. The molecule has 1 unspecified atom stereocenters. The number of hydrogen-bond donors (Lipinski definition) is 2. The van der Waals surface area contributed by atoms with Crippen molar-refractivity contribution >= 4 is 23.4 Å². The van der Waals surface area contributed by atoms with Gasteiger partial charge in [0.25, 0.3) is 5.91 Å². The summed E-state index contributed by atoms with van der Waals surface area (Å²) in [5.41, 5.74) is 0.710. The smallest absolute Gasteiger partial charge is 0.252 e. The second-order valence-corrected chi connectivity index (χ2v) is 4.46. The zero-order valence-electron chi connectivity index (χ0n) is 8.86. The van der Waals surface area contributed by atoms with E-state index in [1.54, 1.807) is 11.8 Å². The molecule has 1 aromatic rings. The van der Waals surface area contributed by atoms with Gasteiger partial charge < -0.3 is 10.4 Å². The molecule has 0 aliphatic rings. The molecule has 0 saturated heterocycles. The van der Waals surface area contributed by atoms with E-state index in [0.29, 0.717) is 5.69 Å². The van der Waals surface area contributed by atoms with Crippen LogP contribution in [0.3, 0.4) is 0 Å². The minimum atomic E-state index is -0.977. The van der Waals surface area contributed by atoms with E-state index in [0.717, 1.165) is 5.75 Å². The van der Waals surface area contributed by atoms with Crippen molar-refractivity contribution in [1.82, 2.24) is 0 Å². The first kappa shape index (κ1) is 12.1. The van der Waals surface area contributed by atoms with E-state index in [9.17, 15) is 4.79 Å². The van der Waals surface area contributed by atoms with Gasteiger partial charge in [-0.05, 0) is 36.9 Å². The summed E-state index contributed by atoms with van der Waals surface area (Å²) in [6.45, 7) is 3.53. The number of hydrogen-bond acceptors (Lipinski definition) is 3. The molecule has 4 heteroatoms. The van der Waals surface area contributed by atoms with Crippen molar-refractivity contribution in [1.29, 1.82) is 0 Å². The Morgan fingerprint density at radius 3 is 2.53 bits per heavy atom. The molecule has 0 bridgehead atoms. The fraction of sp³-hybridized carbons (Fsp3) is 0.364. The minimum Gasteiger partial charge on any atom is -0.384 e. The lowest BCUT2D eigenvalue weighted by molar-refractivity contribution is -0.123. The lowest BCUT2D eigenvalue weighted by atomic mass is 10.3. The van der Waals surface area contributed by atoms with E-state index in [1.807, 2.05) is 24.3 Å². The van der Waals surface area contributed by atoms with Gasteiger partial charge in [0.15, 0.2) is 0 Å². The lowest BCUT2D eigenvalue weighted by Crippen LogP contribution is -2.24. The Kier molecular flexibility index (Phi) is 4.65. The number of carbonyl (C=O) groups is 1. The quantitative estimate of drug-likeness (QED) is 0.772. The molecule has 3 nitrogen and oxygen atoms in total. The second-order valence-electron chi connectivity index (χ2n) is 3.12. The van der Waals surface area contributed by atoms with Gasteiger partial charge in [-0.3, -0.25) is 4.79 Å². The topological polar surface area (TPSA) is 49.3 Å². The molecule has 0 saturated carbocycles. The number of rotatable bonds is 4. The first-order valence-electron chi connectivity index (χ1n) is 4.85. The number of carbonyl (C=O) groups excluding carboxylic acids is 1. The van der Waals surface area contributed by atoms with E-state index < -0.39 is 6.10 Å². The summed E-state index contributed by atoms with van der Waals surface area (Å²) in [4.78, 5) is 12.3. The number of aliphatic hydroxyl groups excluding tert-OH is 1. The summed E-state index contributed by atoms with van der Waals surface area (Å²) in [6, 6.07) is 7.56. The standard InChI is InChI=1S/C11H15NO2S/c1-3-15-10-6-4-9(5-7-10)12-11(14)8(2)13/h4-8,13H,3H2,1-2H3,(H,12,14). The molecule has 0 aliphatic carbocycles. The fourth-order valence-electron chi connectivity index (χ4n) is 1.05. The van der Waals surface area contributed by atoms with Crippen LogP contribution in [0, 0.1) is 0 Å². The van der Waals surface area contributed by atoms with E-state index in [2.05, 4.69) is 12.2 Å². The zero-order chi connectivity index (χ0) is 11.3. The van der Waals surface area contributed by atoms with Gasteiger partial charge in [0.2, 0.25) is 0 Å². The Hall–Kier alpha value is -1.00. The SMILES string of the molecule is CCSc1ccc(NC(=O)C(C)O)cc1.